The highest BCUT2D eigenvalue weighted by molar-refractivity contribution is 7.99. The van der Waals surface area contributed by atoms with Gasteiger partial charge in [-0.1, -0.05) is 47.1 Å². The molecule has 4 aromatic rings. The Morgan fingerprint density at radius 1 is 1.18 bits per heavy atom. The van der Waals surface area contributed by atoms with Gasteiger partial charge in [-0.05, 0) is 50.1 Å². The van der Waals surface area contributed by atoms with E-state index >= 15 is 0 Å². The lowest BCUT2D eigenvalue weighted by Crippen LogP contribution is -2.16. The lowest BCUT2D eigenvalue weighted by atomic mass is 9.97. The van der Waals surface area contributed by atoms with Crippen LogP contribution in [0.2, 0.25) is 5.02 Å². The van der Waals surface area contributed by atoms with E-state index < -0.39 is 17.9 Å². The van der Waals surface area contributed by atoms with Gasteiger partial charge in [0.25, 0.3) is 0 Å². The number of nitrogens with zero attached hydrogens (tertiary/aromatic N) is 3. The first kappa shape index (κ1) is 28.6. The number of thiophene rings is 1. The van der Waals surface area contributed by atoms with E-state index in [0.29, 0.717) is 32.9 Å². The lowest BCUT2D eigenvalue weighted by molar-refractivity contribution is -0.113. The molecule has 4 rings (SSSR count). The van der Waals surface area contributed by atoms with E-state index in [1.807, 2.05) is 37.4 Å². The zero-order valence-electron chi connectivity index (χ0n) is 21.9. The molecule has 2 heterocycles. The van der Waals surface area contributed by atoms with Crippen LogP contribution in [-0.4, -0.2) is 39.5 Å². The van der Waals surface area contributed by atoms with Gasteiger partial charge in [-0.3, -0.25) is 4.79 Å². The molecule has 0 saturated heterocycles. The van der Waals surface area contributed by atoms with Gasteiger partial charge in [-0.25, -0.2) is 9.18 Å². The van der Waals surface area contributed by atoms with Crippen molar-refractivity contribution in [2.24, 2.45) is 7.05 Å². The summed E-state index contributed by atoms with van der Waals surface area (Å²) < 4.78 is 25.9. The van der Waals surface area contributed by atoms with Crippen molar-refractivity contribution in [3.63, 3.8) is 0 Å². The lowest BCUT2D eigenvalue weighted by Gasteiger charge is -2.15. The zero-order valence-corrected chi connectivity index (χ0v) is 24.3. The molecule has 0 fully saturated rings. The van der Waals surface area contributed by atoms with E-state index in [2.05, 4.69) is 15.5 Å². The van der Waals surface area contributed by atoms with E-state index in [1.165, 1.54) is 48.4 Å². The van der Waals surface area contributed by atoms with Gasteiger partial charge in [0.05, 0.1) is 17.9 Å². The van der Waals surface area contributed by atoms with E-state index in [9.17, 15) is 14.0 Å². The second-order valence-electron chi connectivity index (χ2n) is 8.73. The number of aryl methyl sites for hydroxylation is 2. The summed E-state index contributed by atoms with van der Waals surface area (Å²) in [5, 5.41) is 14.1. The van der Waals surface area contributed by atoms with Crippen LogP contribution in [0.15, 0.2) is 46.9 Å². The number of nitrogens with one attached hydrogen (secondary N) is 1. The highest BCUT2D eigenvalue weighted by Gasteiger charge is 2.24. The Kier molecular flexibility index (Phi) is 8.94. The standard InChI is InChI=1S/C27H26ClFN4O4S2/c1-14-6-7-15(2)18(10-14)19-12-38-25(23(19)26(35)36-5)30-22(34)13-39-27-32-31-24(33(27)4)16(3)37-21-9-8-17(29)11-20(21)28/h6-12,16H,13H2,1-5H3,(H,30,34). The number of esters is 1. The number of hydrogen-bond acceptors (Lipinski definition) is 8. The topological polar surface area (TPSA) is 95.3 Å². The predicted molar refractivity (Wildman–Crippen MR) is 151 cm³/mol. The molecule has 8 nitrogen and oxygen atoms in total. The molecule has 2 aromatic carbocycles. The van der Waals surface area contributed by atoms with Gasteiger partial charge in [0.15, 0.2) is 17.1 Å². The van der Waals surface area contributed by atoms with Crippen LogP contribution in [0.5, 0.6) is 5.75 Å². The van der Waals surface area contributed by atoms with Gasteiger partial charge in [-0.15, -0.1) is 21.5 Å². The maximum atomic E-state index is 13.3. The number of amides is 1. The first-order chi connectivity index (χ1) is 18.6. The first-order valence-electron chi connectivity index (χ1n) is 11.8. The molecule has 12 heteroatoms. The molecule has 2 aromatic heterocycles. The maximum absolute atomic E-state index is 13.3. The van der Waals surface area contributed by atoms with Crippen molar-refractivity contribution in [1.29, 1.82) is 0 Å². The van der Waals surface area contributed by atoms with Crippen LogP contribution in [0.4, 0.5) is 9.39 Å². The van der Waals surface area contributed by atoms with Crippen molar-refractivity contribution in [1.82, 2.24) is 14.8 Å². The van der Waals surface area contributed by atoms with Gasteiger partial charge in [0.1, 0.15) is 22.1 Å². The predicted octanol–water partition coefficient (Wildman–Crippen LogP) is 6.61. The number of ether oxygens (including phenoxy) is 2. The number of anilines is 1. The fourth-order valence-corrected chi connectivity index (χ4v) is 5.79. The normalized spacial score (nSPS) is 11.8. The number of methoxy groups -OCH3 is 1. The molecule has 0 saturated carbocycles. The zero-order chi connectivity index (χ0) is 28.3. The Morgan fingerprint density at radius 2 is 1.95 bits per heavy atom. The SMILES string of the molecule is COC(=O)c1c(-c2cc(C)ccc2C)csc1NC(=O)CSc1nnc(C(C)Oc2ccc(F)cc2Cl)n1C. The van der Waals surface area contributed by atoms with Crippen LogP contribution < -0.4 is 10.1 Å². The van der Waals surface area contributed by atoms with Crippen LogP contribution in [0.25, 0.3) is 11.1 Å². The summed E-state index contributed by atoms with van der Waals surface area (Å²) in [6.07, 6.45) is -0.536. The Bertz CT molecular complexity index is 1540. The molecule has 0 aliphatic rings. The monoisotopic (exact) mass is 588 g/mol. The summed E-state index contributed by atoms with van der Waals surface area (Å²) in [5.74, 6) is -0.446. The molecule has 1 unspecified atom stereocenters. The molecule has 0 aliphatic heterocycles. The minimum Gasteiger partial charge on any atom is -0.481 e. The molecule has 0 spiro atoms. The van der Waals surface area contributed by atoms with Crippen molar-refractivity contribution in [3.8, 4) is 16.9 Å². The molecule has 0 radical (unpaired) electrons. The summed E-state index contributed by atoms with van der Waals surface area (Å²) in [7, 11) is 3.07. The van der Waals surface area contributed by atoms with Crippen molar-refractivity contribution in [3.05, 3.63) is 75.1 Å². The van der Waals surface area contributed by atoms with E-state index in [-0.39, 0.29) is 16.7 Å². The van der Waals surface area contributed by atoms with Crippen LogP contribution in [0, 0.1) is 19.7 Å². The number of carbonyl (C=O) groups excluding carboxylic acids is 2. The van der Waals surface area contributed by atoms with Crippen LogP contribution in [0.1, 0.15) is 40.3 Å². The van der Waals surface area contributed by atoms with Gasteiger partial charge in [0, 0.05) is 18.0 Å². The summed E-state index contributed by atoms with van der Waals surface area (Å²) in [6, 6.07) is 9.88. The molecule has 1 atom stereocenters. The number of carbonyl (C=O) groups is 2. The number of rotatable bonds is 9. The molecule has 204 valence electrons. The minimum atomic E-state index is -0.536. The van der Waals surface area contributed by atoms with E-state index in [4.69, 9.17) is 21.1 Å². The molecular weight excluding hydrogens is 563 g/mol. The summed E-state index contributed by atoms with van der Waals surface area (Å²) >= 11 is 8.52. The summed E-state index contributed by atoms with van der Waals surface area (Å²) in [5.41, 5.74) is 4.01. The fourth-order valence-electron chi connectivity index (χ4n) is 3.89. The Labute approximate surface area is 238 Å². The van der Waals surface area contributed by atoms with Crippen molar-refractivity contribution >= 4 is 51.6 Å². The highest BCUT2D eigenvalue weighted by atomic mass is 35.5. The summed E-state index contributed by atoms with van der Waals surface area (Å²) in [6.45, 7) is 5.72. The summed E-state index contributed by atoms with van der Waals surface area (Å²) in [4.78, 5) is 25.6. The third-order valence-electron chi connectivity index (χ3n) is 5.88. The average molecular weight is 589 g/mol. The third kappa shape index (κ3) is 6.43. The van der Waals surface area contributed by atoms with Crippen LogP contribution >= 0.6 is 34.7 Å². The third-order valence-corrected chi connectivity index (χ3v) is 8.09. The van der Waals surface area contributed by atoms with Crippen molar-refractivity contribution < 1.29 is 23.5 Å². The fraction of sp³-hybridized carbons (Fsp3) is 0.259. The second kappa shape index (κ2) is 12.2. The number of halogens is 2. The van der Waals surface area contributed by atoms with Crippen molar-refractivity contribution in [2.75, 3.05) is 18.2 Å². The van der Waals surface area contributed by atoms with Crippen molar-refractivity contribution in [2.45, 2.75) is 32.0 Å². The number of benzene rings is 2. The molecular formula is C27H26ClFN4O4S2. The van der Waals surface area contributed by atoms with E-state index in [1.54, 1.807) is 18.5 Å². The Hall–Kier alpha value is -3.41. The Morgan fingerprint density at radius 3 is 2.67 bits per heavy atom. The average Bonchev–Trinajstić information content (AvgIpc) is 3.48. The number of hydrogen-bond donors (Lipinski definition) is 1. The highest BCUT2D eigenvalue weighted by Crippen LogP contribution is 2.38. The molecule has 0 aliphatic carbocycles. The first-order valence-corrected chi connectivity index (χ1v) is 14.0. The second-order valence-corrected chi connectivity index (χ2v) is 11.0. The maximum Gasteiger partial charge on any atom is 0.341 e. The quantitative estimate of drug-likeness (QED) is 0.174. The van der Waals surface area contributed by atoms with Gasteiger partial charge in [0.2, 0.25) is 5.91 Å². The molecule has 39 heavy (non-hydrogen) atoms. The molecule has 1 N–H and O–H groups in total. The number of thioether (sulfide) groups is 1. The molecule has 1 amide bonds. The minimum absolute atomic E-state index is 0.0301. The largest absolute Gasteiger partial charge is 0.481 e. The van der Waals surface area contributed by atoms with Crippen LogP contribution in [0.3, 0.4) is 0 Å². The van der Waals surface area contributed by atoms with Crippen LogP contribution in [-0.2, 0) is 16.6 Å². The molecule has 0 bridgehead atoms. The Balaban J connectivity index is 1.45. The van der Waals surface area contributed by atoms with Gasteiger partial charge >= 0.3 is 5.97 Å². The number of aromatic nitrogens is 3. The smallest absolute Gasteiger partial charge is 0.341 e. The van der Waals surface area contributed by atoms with E-state index in [0.717, 1.165) is 16.7 Å². The van der Waals surface area contributed by atoms with Gasteiger partial charge < -0.3 is 19.4 Å². The van der Waals surface area contributed by atoms with Gasteiger partial charge in [-0.2, -0.15) is 0 Å².